The summed E-state index contributed by atoms with van der Waals surface area (Å²) in [7, 11) is 0. The van der Waals surface area contributed by atoms with Crippen molar-refractivity contribution >= 4 is 0 Å². The van der Waals surface area contributed by atoms with Crippen LogP contribution in [0.4, 0.5) is 0 Å². The molecule has 2 heteroatoms. The van der Waals surface area contributed by atoms with Gasteiger partial charge < -0.3 is 10.2 Å². The zero-order valence-electron chi connectivity index (χ0n) is 4.33. The average molecular weight is 102 g/mol. The summed E-state index contributed by atoms with van der Waals surface area (Å²) in [5.74, 6) is 0. The molecular weight excluding hydrogens is 92.1 g/mol. The molecule has 1 unspecified atom stereocenters. The molecule has 7 heavy (non-hydrogen) atoms. The highest BCUT2D eigenvalue weighted by molar-refractivity contribution is 4.84. The van der Waals surface area contributed by atoms with Crippen LogP contribution in [0.15, 0.2) is 12.2 Å². The lowest BCUT2D eigenvalue weighted by Crippen LogP contribution is -2.06. The molecule has 0 aromatic carbocycles. The fourth-order valence-electron chi connectivity index (χ4n) is 0.283. The van der Waals surface area contributed by atoms with Crippen molar-refractivity contribution < 1.29 is 10.2 Å². The van der Waals surface area contributed by atoms with Crippen molar-refractivity contribution in [2.75, 3.05) is 6.61 Å². The van der Waals surface area contributed by atoms with Crippen LogP contribution < -0.4 is 0 Å². The number of hydrogen-bond donors (Lipinski definition) is 2. The van der Waals surface area contributed by atoms with Gasteiger partial charge in [-0.2, -0.15) is 0 Å². The molecule has 0 aliphatic carbocycles. The maximum absolute atomic E-state index is 8.52. The highest BCUT2D eigenvalue weighted by atomic mass is 16.3. The van der Waals surface area contributed by atoms with Gasteiger partial charge in [-0.05, 0) is 6.92 Å². The Morgan fingerprint density at radius 2 is 2.29 bits per heavy atom. The van der Waals surface area contributed by atoms with Crippen molar-refractivity contribution in [3.05, 3.63) is 12.2 Å². The zero-order chi connectivity index (χ0) is 5.70. The molecule has 2 nitrogen and oxygen atoms in total. The topological polar surface area (TPSA) is 40.5 Å². The van der Waals surface area contributed by atoms with E-state index in [1.54, 1.807) is 13.0 Å². The lowest BCUT2D eigenvalue weighted by Gasteiger charge is -1.94. The minimum Gasteiger partial charge on any atom is -0.393 e. The van der Waals surface area contributed by atoms with Crippen LogP contribution in [-0.2, 0) is 0 Å². The van der Waals surface area contributed by atoms with Crippen LogP contribution in [0.25, 0.3) is 0 Å². The predicted octanol–water partition coefficient (Wildman–Crippen LogP) is -0.0843. The third kappa shape index (κ3) is 3.49. The number of aliphatic hydroxyl groups is 2. The van der Waals surface area contributed by atoms with E-state index in [2.05, 4.69) is 0 Å². The summed E-state index contributed by atoms with van der Waals surface area (Å²) in [5.41, 5.74) is 0. The van der Waals surface area contributed by atoms with Crippen LogP contribution in [0.1, 0.15) is 6.92 Å². The van der Waals surface area contributed by atoms with Gasteiger partial charge in [0, 0.05) is 0 Å². The average Bonchev–Trinajstić information content (AvgIpc) is 1.68. The monoisotopic (exact) mass is 102 g/mol. The van der Waals surface area contributed by atoms with Gasteiger partial charge in [-0.25, -0.2) is 0 Å². The molecule has 2 N–H and O–H groups in total. The molecule has 0 spiro atoms. The van der Waals surface area contributed by atoms with E-state index < -0.39 is 6.10 Å². The molecule has 0 aromatic heterocycles. The van der Waals surface area contributed by atoms with Crippen molar-refractivity contribution in [1.82, 2.24) is 0 Å². The maximum Gasteiger partial charge on any atom is 0.0951 e. The van der Waals surface area contributed by atoms with Gasteiger partial charge in [0.05, 0.1) is 12.7 Å². The third-order valence-electron chi connectivity index (χ3n) is 0.602. The Kier molecular flexibility index (Phi) is 3.65. The summed E-state index contributed by atoms with van der Waals surface area (Å²) in [4.78, 5) is 0. The Hall–Kier alpha value is -0.340. The SMILES string of the molecule is C/C=C/C(O)CO. The van der Waals surface area contributed by atoms with E-state index in [9.17, 15) is 0 Å². The second-order valence-corrected chi connectivity index (χ2v) is 1.28. The first-order chi connectivity index (χ1) is 3.31. The number of hydrogen-bond acceptors (Lipinski definition) is 2. The fraction of sp³-hybridized carbons (Fsp3) is 0.600. The van der Waals surface area contributed by atoms with Gasteiger partial charge in [0.2, 0.25) is 0 Å². The smallest absolute Gasteiger partial charge is 0.0951 e. The summed E-state index contributed by atoms with van der Waals surface area (Å²) < 4.78 is 0. The number of rotatable bonds is 2. The molecule has 0 fully saturated rings. The first-order valence-electron chi connectivity index (χ1n) is 2.23. The molecule has 0 aromatic rings. The van der Waals surface area contributed by atoms with Crippen molar-refractivity contribution in [2.45, 2.75) is 13.0 Å². The Bertz CT molecular complexity index is 59.1. The van der Waals surface area contributed by atoms with Crippen molar-refractivity contribution in [1.29, 1.82) is 0 Å². The van der Waals surface area contributed by atoms with Crippen LogP contribution >= 0.6 is 0 Å². The van der Waals surface area contributed by atoms with Gasteiger partial charge in [0.1, 0.15) is 0 Å². The lowest BCUT2D eigenvalue weighted by molar-refractivity contribution is 0.131. The Morgan fingerprint density at radius 1 is 1.71 bits per heavy atom. The van der Waals surface area contributed by atoms with E-state index in [-0.39, 0.29) is 6.61 Å². The van der Waals surface area contributed by atoms with Crippen LogP contribution in [0.3, 0.4) is 0 Å². The van der Waals surface area contributed by atoms with Crippen LogP contribution in [0, 0.1) is 0 Å². The third-order valence-corrected chi connectivity index (χ3v) is 0.602. The second-order valence-electron chi connectivity index (χ2n) is 1.28. The quantitative estimate of drug-likeness (QED) is 0.478. The Labute approximate surface area is 43.1 Å². The first-order valence-corrected chi connectivity index (χ1v) is 2.23. The molecule has 0 bridgehead atoms. The number of allylic oxidation sites excluding steroid dienone is 1. The highest BCUT2D eigenvalue weighted by Gasteiger charge is 1.89. The molecule has 0 radical (unpaired) electrons. The minimum atomic E-state index is -0.676. The molecule has 0 saturated carbocycles. The summed E-state index contributed by atoms with van der Waals surface area (Å²) in [6.45, 7) is 1.60. The normalized spacial score (nSPS) is 15.3. The highest BCUT2D eigenvalue weighted by Crippen LogP contribution is 1.80. The minimum absolute atomic E-state index is 0.190. The molecule has 1 atom stereocenters. The number of aliphatic hydroxyl groups excluding tert-OH is 2. The summed E-state index contributed by atoms with van der Waals surface area (Å²) in [6, 6.07) is 0. The van der Waals surface area contributed by atoms with Gasteiger partial charge >= 0.3 is 0 Å². The van der Waals surface area contributed by atoms with Crippen LogP contribution in [0.2, 0.25) is 0 Å². The van der Waals surface area contributed by atoms with E-state index in [1.165, 1.54) is 6.08 Å². The first kappa shape index (κ1) is 6.66. The molecule has 0 rings (SSSR count). The Balaban J connectivity index is 3.16. The van der Waals surface area contributed by atoms with E-state index in [0.717, 1.165) is 0 Å². The molecular formula is C5H10O2. The summed E-state index contributed by atoms with van der Waals surface area (Å²) in [5, 5.41) is 16.7. The molecule has 0 aliphatic rings. The predicted molar refractivity (Wildman–Crippen MR) is 27.9 cm³/mol. The second kappa shape index (κ2) is 3.84. The summed E-state index contributed by atoms with van der Waals surface area (Å²) in [6.07, 6.45) is 2.55. The maximum atomic E-state index is 8.52. The zero-order valence-corrected chi connectivity index (χ0v) is 4.33. The van der Waals surface area contributed by atoms with Gasteiger partial charge in [-0.3, -0.25) is 0 Å². The molecule has 0 saturated heterocycles. The van der Waals surface area contributed by atoms with E-state index in [0.29, 0.717) is 0 Å². The van der Waals surface area contributed by atoms with Crippen LogP contribution in [0.5, 0.6) is 0 Å². The molecule has 0 heterocycles. The van der Waals surface area contributed by atoms with E-state index in [1.807, 2.05) is 0 Å². The van der Waals surface area contributed by atoms with Crippen molar-refractivity contribution in [2.24, 2.45) is 0 Å². The van der Waals surface area contributed by atoms with E-state index >= 15 is 0 Å². The molecule has 0 amide bonds. The van der Waals surface area contributed by atoms with Crippen molar-refractivity contribution in [3.63, 3.8) is 0 Å². The van der Waals surface area contributed by atoms with E-state index in [4.69, 9.17) is 10.2 Å². The van der Waals surface area contributed by atoms with Gasteiger partial charge in [-0.1, -0.05) is 12.2 Å². The molecule has 0 aliphatic heterocycles. The van der Waals surface area contributed by atoms with Crippen molar-refractivity contribution in [3.8, 4) is 0 Å². The fourth-order valence-corrected chi connectivity index (χ4v) is 0.283. The Morgan fingerprint density at radius 3 is 2.43 bits per heavy atom. The lowest BCUT2D eigenvalue weighted by atomic mass is 10.3. The van der Waals surface area contributed by atoms with Crippen LogP contribution in [-0.4, -0.2) is 22.9 Å². The largest absolute Gasteiger partial charge is 0.393 e. The van der Waals surface area contributed by atoms with Gasteiger partial charge in [0.15, 0.2) is 0 Å². The molecule has 42 valence electrons. The van der Waals surface area contributed by atoms with Gasteiger partial charge in [0.25, 0.3) is 0 Å². The summed E-state index contributed by atoms with van der Waals surface area (Å²) >= 11 is 0. The standard InChI is InChI=1S/C5H10O2/c1-2-3-5(7)4-6/h2-3,5-7H,4H2,1H3/b3-2+. The van der Waals surface area contributed by atoms with Gasteiger partial charge in [-0.15, -0.1) is 0 Å².